The van der Waals surface area contributed by atoms with Crippen LogP contribution in [0.4, 0.5) is 0 Å². The van der Waals surface area contributed by atoms with Gasteiger partial charge in [0, 0.05) is 18.8 Å². The van der Waals surface area contributed by atoms with Crippen LogP contribution >= 0.6 is 0 Å². The van der Waals surface area contributed by atoms with E-state index in [1.54, 1.807) is 0 Å². The van der Waals surface area contributed by atoms with Gasteiger partial charge < -0.3 is 35.7 Å². The molecule has 0 aliphatic heterocycles. The van der Waals surface area contributed by atoms with E-state index >= 15 is 0 Å². The number of aliphatic hydroxyl groups is 6. The molecule has 0 saturated heterocycles. The van der Waals surface area contributed by atoms with Gasteiger partial charge in [-0.15, -0.1) is 0 Å². The van der Waals surface area contributed by atoms with Gasteiger partial charge in [0.2, 0.25) is 0 Å². The number of carboxylic acid groups (broad SMARTS) is 1. The number of carbonyl (C=O) groups is 3. The summed E-state index contributed by atoms with van der Waals surface area (Å²) in [6, 6.07) is 0. The molecule has 5 fully saturated rings. The van der Waals surface area contributed by atoms with Crippen LogP contribution < -0.4 is 0 Å². The van der Waals surface area contributed by atoms with Gasteiger partial charge >= 0.3 is 5.97 Å². The summed E-state index contributed by atoms with van der Waals surface area (Å²) in [6.45, 7) is 0. The Hall–Kier alpha value is -1.43. The quantitative estimate of drug-likeness (QED) is 0.237. The van der Waals surface area contributed by atoms with Gasteiger partial charge in [0.1, 0.15) is 23.4 Å². The van der Waals surface area contributed by atoms with Crippen LogP contribution in [0.3, 0.4) is 0 Å². The van der Waals surface area contributed by atoms with E-state index in [0.717, 1.165) is 32.1 Å². The summed E-state index contributed by atoms with van der Waals surface area (Å²) in [6.07, 6.45) is -0.125. The second-order valence-corrected chi connectivity index (χ2v) is 12.0. The number of hydrogen-bond donors (Lipinski definition) is 7. The first-order valence-electron chi connectivity index (χ1n) is 12.9. The van der Waals surface area contributed by atoms with E-state index in [2.05, 4.69) is 0 Å². The summed E-state index contributed by atoms with van der Waals surface area (Å²) >= 11 is 0. The van der Waals surface area contributed by atoms with Crippen LogP contribution in [0.5, 0.6) is 0 Å². The van der Waals surface area contributed by atoms with Gasteiger partial charge in [-0.05, 0) is 37.0 Å². The Morgan fingerprint density at radius 1 is 0.829 bits per heavy atom. The van der Waals surface area contributed by atoms with E-state index in [0.29, 0.717) is 18.8 Å². The zero-order valence-electron chi connectivity index (χ0n) is 19.6. The van der Waals surface area contributed by atoms with E-state index in [9.17, 15) is 50.1 Å². The third kappa shape index (κ3) is 3.40. The molecule has 0 bridgehead atoms. The number of carboxylic acids is 1. The van der Waals surface area contributed by atoms with Crippen LogP contribution in [0.15, 0.2) is 0 Å². The highest BCUT2D eigenvalue weighted by molar-refractivity contribution is 6.06. The molecule has 196 valence electrons. The van der Waals surface area contributed by atoms with Gasteiger partial charge in [0.15, 0.2) is 11.4 Å². The number of carbonyl (C=O) groups excluding carboxylic acids is 2. The van der Waals surface area contributed by atoms with E-state index in [-0.39, 0.29) is 18.3 Å². The molecular formula is C25H36O10. The summed E-state index contributed by atoms with van der Waals surface area (Å²) in [4.78, 5) is 38.5. The van der Waals surface area contributed by atoms with Crippen LogP contribution in [-0.2, 0) is 14.4 Å². The Balaban J connectivity index is 1.54. The Labute approximate surface area is 203 Å². The Morgan fingerprint density at radius 3 is 2.11 bits per heavy atom. The average Bonchev–Trinajstić information content (AvgIpc) is 2.76. The highest BCUT2D eigenvalue weighted by Crippen LogP contribution is 2.60. The van der Waals surface area contributed by atoms with E-state index in [1.807, 2.05) is 0 Å². The maximum Gasteiger partial charge on any atom is 0.316 e. The van der Waals surface area contributed by atoms with Gasteiger partial charge in [-0.25, -0.2) is 0 Å². The highest BCUT2D eigenvalue weighted by Gasteiger charge is 2.76. The molecule has 0 aromatic heterocycles. The average molecular weight is 497 g/mol. The zero-order chi connectivity index (χ0) is 25.5. The van der Waals surface area contributed by atoms with Crippen LogP contribution in [0.1, 0.15) is 64.2 Å². The Kier molecular flexibility index (Phi) is 5.98. The highest BCUT2D eigenvalue weighted by atomic mass is 16.4. The summed E-state index contributed by atoms with van der Waals surface area (Å²) < 4.78 is 0. The first kappa shape index (κ1) is 25.2. The maximum atomic E-state index is 13.8. The minimum Gasteiger partial charge on any atom is -0.481 e. The second kappa shape index (κ2) is 8.29. The minimum atomic E-state index is -3.06. The molecule has 7 N–H and O–H groups in total. The van der Waals surface area contributed by atoms with Gasteiger partial charge in [0.25, 0.3) is 0 Å². The smallest absolute Gasteiger partial charge is 0.316 e. The molecule has 0 heterocycles. The molecule has 5 aliphatic carbocycles. The lowest BCUT2D eigenvalue weighted by Gasteiger charge is -2.63. The van der Waals surface area contributed by atoms with Gasteiger partial charge in [0.05, 0.1) is 23.7 Å². The molecule has 0 radical (unpaired) electrons. The van der Waals surface area contributed by atoms with Crippen LogP contribution in [0.2, 0.25) is 0 Å². The molecule has 5 aliphatic rings. The molecule has 0 amide bonds. The molecule has 5 rings (SSSR count). The van der Waals surface area contributed by atoms with Crippen molar-refractivity contribution in [2.24, 2.45) is 35.5 Å². The third-order valence-corrected chi connectivity index (χ3v) is 10.2. The van der Waals surface area contributed by atoms with Crippen molar-refractivity contribution in [3.8, 4) is 0 Å². The van der Waals surface area contributed by atoms with Crippen molar-refractivity contribution in [3.05, 3.63) is 0 Å². The fourth-order valence-corrected chi connectivity index (χ4v) is 8.69. The van der Waals surface area contributed by atoms with Crippen molar-refractivity contribution in [3.63, 3.8) is 0 Å². The standard InChI is InChI=1S/C25H36O10/c26-14-7-6-12(11-4-2-1-3-5-11)13-8-23(33)10-24(34)9-15(27)17(22(31)32)20(29)25(24,35)21(30)18(23)19(28)16(13)14/h11-18,21,26-27,30,33-35H,1-10H2,(H,31,32). The number of hydrogen-bond acceptors (Lipinski definition) is 9. The molecule has 0 aromatic rings. The van der Waals surface area contributed by atoms with Crippen molar-refractivity contribution in [1.82, 2.24) is 0 Å². The lowest BCUT2D eigenvalue weighted by Crippen LogP contribution is -2.82. The van der Waals surface area contributed by atoms with Gasteiger partial charge in [-0.1, -0.05) is 32.1 Å². The SMILES string of the molecule is O=C(O)C1C(=O)C2(O)C(O)C3C(=O)C4C(O)CCC(C5CCCCC5)C4CC3(O)CC2(O)CC1O. The summed E-state index contributed by atoms with van der Waals surface area (Å²) in [5.74, 6) is -8.48. The van der Waals surface area contributed by atoms with Crippen molar-refractivity contribution in [1.29, 1.82) is 0 Å². The van der Waals surface area contributed by atoms with Gasteiger partial charge in [-0.3, -0.25) is 14.4 Å². The van der Waals surface area contributed by atoms with E-state index < -0.39 is 83.2 Å². The first-order valence-corrected chi connectivity index (χ1v) is 12.9. The fourth-order valence-electron chi connectivity index (χ4n) is 8.69. The molecule has 10 heteroatoms. The van der Waals surface area contributed by atoms with Crippen molar-refractivity contribution >= 4 is 17.5 Å². The molecule has 11 unspecified atom stereocenters. The Morgan fingerprint density at radius 2 is 1.49 bits per heavy atom. The third-order valence-electron chi connectivity index (χ3n) is 10.2. The number of Topliss-reactive ketones (excluding diaryl/α,β-unsaturated/α-hetero) is 2. The largest absolute Gasteiger partial charge is 0.481 e. The van der Waals surface area contributed by atoms with Gasteiger partial charge in [-0.2, -0.15) is 0 Å². The number of fused-ring (bicyclic) bond motifs is 3. The molecular weight excluding hydrogens is 460 g/mol. The van der Waals surface area contributed by atoms with Crippen molar-refractivity contribution < 1.29 is 50.1 Å². The maximum absolute atomic E-state index is 13.8. The predicted octanol–water partition coefficient (Wildman–Crippen LogP) is -0.849. The normalized spacial score (nSPS) is 52.9. The summed E-state index contributed by atoms with van der Waals surface area (Å²) in [5.41, 5.74) is -7.57. The lowest BCUT2D eigenvalue weighted by molar-refractivity contribution is -0.297. The van der Waals surface area contributed by atoms with Crippen LogP contribution in [-0.4, -0.2) is 88.4 Å². The molecule has 35 heavy (non-hydrogen) atoms. The minimum absolute atomic E-state index is 0.00556. The summed E-state index contributed by atoms with van der Waals surface area (Å²) in [5, 5.41) is 76.4. The molecule has 0 aromatic carbocycles. The monoisotopic (exact) mass is 496 g/mol. The topological polar surface area (TPSA) is 193 Å². The van der Waals surface area contributed by atoms with Crippen LogP contribution in [0, 0.1) is 35.5 Å². The van der Waals surface area contributed by atoms with E-state index in [4.69, 9.17) is 0 Å². The first-order chi connectivity index (χ1) is 16.4. The predicted molar refractivity (Wildman–Crippen MR) is 118 cm³/mol. The lowest BCUT2D eigenvalue weighted by atomic mass is 9.45. The molecule has 0 spiro atoms. The molecule has 11 atom stereocenters. The van der Waals surface area contributed by atoms with E-state index in [1.165, 1.54) is 0 Å². The van der Waals surface area contributed by atoms with Crippen LogP contribution in [0.25, 0.3) is 0 Å². The zero-order valence-corrected chi connectivity index (χ0v) is 19.6. The summed E-state index contributed by atoms with van der Waals surface area (Å²) in [7, 11) is 0. The molecule has 5 saturated carbocycles. The fraction of sp³-hybridized carbons (Fsp3) is 0.880. The number of aliphatic hydroxyl groups excluding tert-OH is 3. The number of rotatable bonds is 2. The second-order valence-electron chi connectivity index (χ2n) is 12.0. The van der Waals surface area contributed by atoms with Crippen molar-refractivity contribution in [2.75, 3.05) is 0 Å². The number of ketones is 2. The number of aliphatic carboxylic acids is 1. The molecule has 10 nitrogen and oxygen atoms in total. The Bertz CT molecular complexity index is 916. The van der Waals surface area contributed by atoms with Crippen molar-refractivity contribution in [2.45, 2.75) is 99.3 Å².